The molecule has 4 heteroatoms. The molecule has 0 radical (unpaired) electrons. The molecular formula is C14H29NO2Si. The van der Waals surface area contributed by atoms with Crippen molar-refractivity contribution in [1.82, 2.24) is 0 Å². The fourth-order valence-electron chi connectivity index (χ4n) is 2.67. The van der Waals surface area contributed by atoms with Crippen molar-refractivity contribution in [3.8, 4) is 0 Å². The fourth-order valence-corrected chi connectivity index (χ4v) is 3.10. The van der Waals surface area contributed by atoms with Crippen molar-refractivity contribution in [3.05, 3.63) is 0 Å². The summed E-state index contributed by atoms with van der Waals surface area (Å²) in [6.45, 7) is 6.09. The normalized spacial score (nSPS) is 14.1. The van der Waals surface area contributed by atoms with Crippen molar-refractivity contribution in [2.45, 2.75) is 58.8 Å². The first-order valence-corrected chi connectivity index (χ1v) is 8.14. The van der Waals surface area contributed by atoms with Gasteiger partial charge in [-0.3, -0.25) is 0 Å². The van der Waals surface area contributed by atoms with Crippen LogP contribution in [-0.2, 0) is 9.22 Å². The van der Waals surface area contributed by atoms with E-state index in [9.17, 15) is 4.79 Å². The zero-order valence-electron chi connectivity index (χ0n) is 12.3. The van der Waals surface area contributed by atoms with Crippen LogP contribution in [0.3, 0.4) is 0 Å². The lowest BCUT2D eigenvalue weighted by Crippen LogP contribution is -2.20. The maximum absolute atomic E-state index is 9.98. The van der Waals surface area contributed by atoms with Crippen LogP contribution in [0.1, 0.15) is 58.8 Å². The Morgan fingerprint density at radius 1 is 1.11 bits per heavy atom. The van der Waals surface area contributed by atoms with Crippen LogP contribution < -0.4 is 0 Å². The van der Waals surface area contributed by atoms with Gasteiger partial charge in [0.05, 0.1) is 6.54 Å². The van der Waals surface area contributed by atoms with E-state index in [1.165, 1.54) is 32.1 Å². The summed E-state index contributed by atoms with van der Waals surface area (Å²) in [6, 6.07) is 0. The topological polar surface area (TPSA) is 38.7 Å². The molecule has 0 bridgehead atoms. The highest BCUT2D eigenvalue weighted by Gasteiger charge is 2.19. The van der Waals surface area contributed by atoms with Crippen molar-refractivity contribution in [1.29, 1.82) is 0 Å². The van der Waals surface area contributed by atoms with Gasteiger partial charge in [0.1, 0.15) is 10.5 Å². The Hall–Kier alpha value is -0.443. The van der Waals surface area contributed by atoms with Crippen LogP contribution in [0.2, 0.25) is 0 Å². The van der Waals surface area contributed by atoms with Gasteiger partial charge in [0.25, 0.3) is 0 Å². The summed E-state index contributed by atoms with van der Waals surface area (Å²) in [7, 11) is 0.842. The Balaban J connectivity index is 4.09. The van der Waals surface area contributed by atoms with Crippen LogP contribution in [0.4, 0.5) is 0 Å². The molecule has 106 valence electrons. The molecular weight excluding hydrogens is 242 g/mol. The Kier molecular flexibility index (Phi) is 12.7. The largest absolute Gasteiger partial charge is 0.428 e. The second-order valence-electron chi connectivity index (χ2n) is 5.02. The Labute approximate surface area is 115 Å². The molecule has 0 aliphatic carbocycles. The van der Waals surface area contributed by atoms with Gasteiger partial charge in [0.15, 0.2) is 0 Å². The van der Waals surface area contributed by atoms with Crippen molar-refractivity contribution in [2.24, 2.45) is 16.8 Å². The summed E-state index contributed by atoms with van der Waals surface area (Å²) in [6.07, 6.45) is 10.1. The Morgan fingerprint density at radius 3 is 2.33 bits per heavy atom. The molecule has 2 atom stereocenters. The summed E-state index contributed by atoms with van der Waals surface area (Å²) in [4.78, 5) is 13.6. The molecule has 18 heavy (non-hydrogen) atoms. The van der Waals surface area contributed by atoms with Gasteiger partial charge >= 0.3 is 0 Å². The minimum absolute atomic E-state index is 0.637. The van der Waals surface area contributed by atoms with Gasteiger partial charge in [-0.2, -0.15) is 0 Å². The number of unbranched alkanes of at least 4 members (excludes halogenated alkanes) is 1. The van der Waals surface area contributed by atoms with Crippen LogP contribution in [-0.4, -0.2) is 29.7 Å². The minimum atomic E-state index is 0.637. The molecule has 0 aliphatic heterocycles. The lowest BCUT2D eigenvalue weighted by Gasteiger charge is -2.26. The smallest absolute Gasteiger partial charge is 0.234 e. The van der Waals surface area contributed by atoms with Gasteiger partial charge in [0, 0.05) is 6.61 Å². The predicted molar refractivity (Wildman–Crippen MR) is 79.5 cm³/mol. The van der Waals surface area contributed by atoms with E-state index in [2.05, 4.69) is 18.8 Å². The van der Waals surface area contributed by atoms with Crippen LogP contribution in [0.15, 0.2) is 4.99 Å². The minimum Gasteiger partial charge on any atom is -0.428 e. The number of isocyanates is 1. The zero-order chi connectivity index (χ0) is 13.6. The van der Waals surface area contributed by atoms with Gasteiger partial charge < -0.3 is 4.43 Å². The third-order valence-electron chi connectivity index (χ3n) is 3.53. The molecule has 0 N–H and O–H groups in total. The molecule has 0 aliphatic rings. The lowest BCUT2D eigenvalue weighted by molar-refractivity contribution is 0.175. The SMILES string of the molecule is CCCC(CCCCN=C=O)C(CCC)CO[SiH3]. The van der Waals surface area contributed by atoms with E-state index in [-0.39, 0.29) is 0 Å². The molecule has 0 fully saturated rings. The van der Waals surface area contributed by atoms with Gasteiger partial charge in [-0.1, -0.05) is 46.0 Å². The number of nitrogens with zero attached hydrogens (tertiary/aromatic N) is 1. The first-order valence-electron chi connectivity index (χ1n) is 7.32. The average molecular weight is 271 g/mol. The van der Waals surface area contributed by atoms with E-state index < -0.39 is 0 Å². The van der Waals surface area contributed by atoms with Crippen molar-refractivity contribution in [2.75, 3.05) is 13.2 Å². The van der Waals surface area contributed by atoms with Crippen LogP contribution >= 0.6 is 0 Å². The second kappa shape index (κ2) is 13.0. The first-order chi connectivity index (χ1) is 8.79. The lowest BCUT2D eigenvalue weighted by atomic mass is 9.82. The number of carbonyl (C=O) groups excluding carboxylic acids is 1. The summed E-state index contributed by atoms with van der Waals surface area (Å²) in [5.41, 5.74) is 0. The van der Waals surface area contributed by atoms with Crippen molar-refractivity contribution < 1.29 is 9.22 Å². The van der Waals surface area contributed by atoms with E-state index in [0.717, 1.165) is 41.8 Å². The van der Waals surface area contributed by atoms with Gasteiger partial charge in [-0.05, 0) is 24.7 Å². The average Bonchev–Trinajstić information content (AvgIpc) is 2.37. The molecule has 0 spiro atoms. The van der Waals surface area contributed by atoms with Crippen LogP contribution in [0, 0.1) is 11.8 Å². The second-order valence-corrected chi connectivity index (χ2v) is 5.60. The van der Waals surface area contributed by atoms with E-state index >= 15 is 0 Å². The molecule has 0 aromatic heterocycles. The number of hydrogen-bond acceptors (Lipinski definition) is 3. The molecule has 0 saturated heterocycles. The molecule has 0 amide bonds. The summed E-state index contributed by atoms with van der Waals surface area (Å²) >= 11 is 0. The molecule has 2 unspecified atom stereocenters. The summed E-state index contributed by atoms with van der Waals surface area (Å²) in [5, 5.41) is 0. The van der Waals surface area contributed by atoms with Crippen LogP contribution in [0.5, 0.6) is 0 Å². The molecule has 0 heterocycles. The van der Waals surface area contributed by atoms with Crippen molar-refractivity contribution >= 4 is 16.6 Å². The Bertz CT molecular complexity index is 224. The monoisotopic (exact) mass is 271 g/mol. The van der Waals surface area contributed by atoms with E-state index in [1.807, 2.05) is 0 Å². The zero-order valence-corrected chi connectivity index (χ0v) is 14.3. The van der Waals surface area contributed by atoms with E-state index in [0.29, 0.717) is 6.54 Å². The Morgan fingerprint density at radius 2 is 1.78 bits per heavy atom. The molecule has 0 aromatic carbocycles. The molecule has 0 aromatic rings. The van der Waals surface area contributed by atoms with Crippen molar-refractivity contribution in [3.63, 3.8) is 0 Å². The van der Waals surface area contributed by atoms with E-state index in [1.54, 1.807) is 6.08 Å². The standard InChI is InChI=1S/C14H29NO2Si/c1-3-7-13(9-5-6-10-15-12-16)14(8-4-2)11-17-18/h13-14H,3-11H2,1-2,18H3. The number of aliphatic imine (C=N–C) groups is 1. The van der Waals surface area contributed by atoms with Gasteiger partial charge in [-0.15, -0.1) is 0 Å². The van der Waals surface area contributed by atoms with Gasteiger partial charge in [0.2, 0.25) is 6.08 Å². The molecule has 3 nitrogen and oxygen atoms in total. The van der Waals surface area contributed by atoms with Crippen LogP contribution in [0.25, 0.3) is 0 Å². The predicted octanol–water partition coefficient (Wildman–Crippen LogP) is 2.62. The highest BCUT2D eigenvalue weighted by molar-refractivity contribution is 5.97. The molecule has 0 saturated carbocycles. The third kappa shape index (κ3) is 8.62. The van der Waals surface area contributed by atoms with E-state index in [4.69, 9.17) is 4.43 Å². The highest BCUT2D eigenvalue weighted by atomic mass is 28.2. The summed E-state index contributed by atoms with van der Waals surface area (Å²) < 4.78 is 5.50. The maximum atomic E-state index is 9.98. The highest BCUT2D eigenvalue weighted by Crippen LogP contribution is 2.27. The quantitative estimate of drug-likeness (QED) is 0.237. The first kappa shape index (κ1) is 17.6. The van der Waals surface area contributed by atoms with Gasteiger partial charge in [-0.25, -0.2) is 9.79 Å². The molecule has 0 rings (SSSR count). The fraction of sp³-hybridized carbons (Fsp3) is 0.929. The maximum Gasteiger partial charge on any atom is 0.234 e. The summed E-state index contributed by atoms with van der Waals surface area (Å²) in [5.74, 6) is 1.51. The number of hydrogen-bond donors (Lipinski definition) is 0. The third-order valence-corrected chi connectivity index (χ3v) is 3.86. The number of rotatable bonds is 12.